The molecule has 4 nitrogen and oxygen atoms in total. The van der Waals surface area contributed by atoms with Gasteiger partial charge in [0, 0.05) is 13.1 Å². The van der Waals surface area contributed by atoms with E-state index < -0.39 is 0 Å². The second-order valence-corrected chi connectivity index (χ2v) is 4.26. The van der Waals surface area contributed by atoms with Crippen LogP contribution in [0.2, 0.25) is 0 Å². The first-order chi connectivity index (χ1) is 8.27. The Kier molecular flexibility index (Phi) is 5.95. The van der Waals surface area contributed by atoms with Gasteiger partial charge < -0.3 is 15.4 Å². The third-order valence-electron chi connectivity index (χ3n) is 2.90. The maximum atomic E-state index is 11.5. The fourth-order valence-corrected chi connectivity index (χ4v) is 1.67. The Morgan fingerprint density at radius 3 is 2.78 bits per heavy atom. The zero-order valence-electron chi connectivity index (χ0n) is 10.4. The third-order valence-corrected chi connectivity index (χ3v) is 2.90. The zero-order chi connectivity index (χ0) is 12.1. The van der Waals surface area contributed by atoms with Crippen molar-refractivity contribution in [2.45, 2.75) is 6.92 Å². The van der Waals surface area contributed by atoms with E-state index in [0.29, 0.717) is 13.2 Å². The lowest BCUT2D eigenvalue weighted by molar-refractivity contribution is -0.126. The molecule has 0 bridgehead atoms. The molecule has 1 aromatic carbocycles. The fraction of sp³-hybridized carbons (Fsp3) is 0.462. The van der Waals surface area contributed by atoms with Crippen LogP contribution in [0.4, 0.5) is 0 Å². The maximum Gasteiger partial charge on any atom is 0.225 e. The Bertz CT molecular complexity index is 394. The van der Waals surface area contributed by atoms with Gasteiger partial charge in [0.15, 0.2) is 0 Å². The van der Waals surface area contributed by atoms with E-state index in [0.717, 1.165) is 24.4 Å². The Hall–Kier alpha value is -1.26. The standard InChI is InChI=1S/C13H18N2O2.ClH/c1-10-4-2-3-5-12(10)17-7-6-15-13(16)11-8-14-9-11;/h2-5,11,14H,6-9H2,1H3,(H,15,16);1H. The Morgan fingerprint density at radius 2 is 2.17 bits per heavy atom. The number of aryl methyl sites for hydroxylation is 1. The third kappa shape index (κ3) is 3.89. The lowest BCUT2D eigenvalue weighted by Gasteiger charge is -2.25. The molecule has 1 aliphatic heterocycles. The van der Waals surface area contributed by atoms with Gasteiger partial charge in [-0.15, -0.1) is 12.4 Å². The Morgan fingerprint density at radius 1 is 1.44 bits per heavy atom. The van der Waals surface area contributed by atoms with Crippen molar-refractivity contribution in [1.29, 1.82) is 0 Å². The first kappa shape index (κ1) is 14.8. The molecule has 2 N–H and O–H groups in total. The van der Waals surface area contributed by atoms with Crippen LogP contribution in [0.1, 0.15) is 5.56 Å². The van der Waals surface area contributed by atoms with Crippen LogP contribution in [0, 0.1) is 12.8 Å². The molecule has 0 atom stereocenters. The number of hydrogen-bond donors (Lipinski definition) is 2. The summed E-state index contributed by atoms with van der Waals surface area (Å²) in [5.74, 6) is 1.15. The van der Waals surface area contributed by atoms with Gasteiger partial charge in [0.2, 0.25) is 5.91 Å². The van der Waals surface area contributed by atoms with Crippen molar-refractivity contribution in [3.05, 3.63) is 29.8 Å². The molecule has 18 heavy (non-hydrogen) atoms. The summed E-state index contributed by atoms with van der Waals surface area (Å²) in [6.45, 7) is 4.67. The monoisotopic (exact) mass is 270 g/mol. The molecule has 1 aliphatic rings. The molecule has 1 fully saturated rings. The van der Waals surface area contributed by atoms with E-state index >= 15 is 0 Å². The number of rotatable bonds is 5. The molecule has 1 amide bonds. The summed E-state index contributed by atoms with van der Waals surface area (Å²) in [5, 5.41) is 5.94. The number of halogens is 1. The van der Waals surface area contributed by atoms with Crippen molar-refractivity contribution in [2.75, 3.05) is 26.2 Å². The van der Waals surface area contributed by atoms with Crippen molar-refractivity contribution in [3.8, 4) is 5.75 Å². The van der Waals surface area contributed by atoms with E-state index in [1.807, 2.05) is 31.2 Å². The number of carbonyl (C=O) groups excluding carboxylic acids is 1. The van der Waals surface area contributed by atoms with Crippen LogP contribution in [-0.4, -0.2) is 32.1 Å². The molecule has 1 saturated heterocycles. The topological polar surface area (TPSA) is 50.4 Å². The van der Waals surface area contributed by atoms with Gasteiger partial charge in [0.25, 0.3) is 0 Å². The van der Waals surface area contributed by atoms with Crippen LogP contribution in [0.5, 0.6) is 5.75 Å². The molecule has 0 aliphatic carbocycles. The molecule has 1 aromatic rings. The molecular formula is C13H19ClN2O2. The molecular weight excluding hydrogens is 252 g/mol. The summed E-state index contributed by atoms with van der Waals surface area (Å²) in [4.78, 5) is 11.5. The summed E-state index contributed by atoms with van der Waals surface area (Å²) >= 11 is 0. The van der Waals surface area contributed by atoms with Crippen LogP contribution in [0.15, 0.2) is 24.3 Å². The van der Waals surface area contributed by atoms with Crippen molar-refractivity contribution in [1.82, 2.24) is 10.6 Å². The highest BCUT2D eigenvalue weighted by molar-refractivity contribution is 5.85. The maximum absolute atomic E-state index is 11.5. The van der Waals surface area contributed by atoms with Crippen LogP contribution in [0.25, 0.3) is 0 Å². The second kappa shape index (κ2) is 7.24. The number of carbonyl (C=O) groups is 1. The summed E-state index contributed by atoms with van der Waals surface area (Å²) in [5.41, 5.74) is 1.11. The van der Waals surface area contributed by atoms with Crippen LogP contribution in [-0.2, 0) is 4.79 Å². The van der Waals surface area contributed by atoms with Gasteiger partial charge in [0.05, 0.1) is 12.5 Å². The Labute approximate surface area is 114 Å². The van der Waals surface area contributed by atoms with Crippen molar-refractivity contribution >= 4 is 18.3 Å². The van der Waals surface area contributed by atoms with Crippen molar-refractivity contribution in [2.24, 2.45) is 5.92 Å². The normalized spacial score (nSPS) is 14.3. The minimum absolute atomic E-state index is 0. The minimum atomic E-state index is 0. The van der Waals surface area contributed by atoms with Crippen LogP contribution < -0.4 is 15.4 Å². The molecule has 2 rings (SSSR count). The lowest BCUT2D eigenvalue weighted by atomic mass is 10.0. The average molecular weight is 271 g/mol. The van der Waals surface area contributed by atoms with Gasteiger partial charge in [-0.25, -0.2) is 0 Å². The molecule has 100 valence electrons. The number of ether oxygens (including phenoxy) is 1. The van der Waals surface area contributed by atoms with E-state index in [4.69, 9.17) is 4.74 Å². The molecule has 1 heterocycles. The highest BCUT2D eigenvalue weighted by atomic mass is 35.5. The summed E-state index contributed by atoms with van der Waals surface area (Å²) in [6.07, 6.45) is 0. The largest absolute Gasteiger partial charge is 0.491 e. The first-order valence-electron chi connectivity index (χ1n) is 5.94. The molecule has 0 unspecified atom stereocenters. The minimum Gasteiger partial charge on any atom is -0.491 e. The summed E-state index contributed by atoms with van der Waals surface area (Å²) < 4.78 is 5.59. The van der Waals surface area contributed by atoms with E-state index in [9.17, 15) is 4.79 Å². The summed E-state index contributed by atoms with van der Waals surface area (Å²) in [6, 6.07) is 7.87. The number of benzene rings is 1. The van der Waals surface area contributed by atoms with Gasteiger partial charge >= 0.3 is 0 Å². The lowest BCUT2D eigenvalue weighted by Crippen LogP contribution is -2.51. The zero-order valence-corrected chi connectivity index (χ0v) is 11.3. The van der Waals surface area contributed by atoms with E-state index in [-0.39, 0.29) is 24.2 Å². The fourth-order valence-electron chi connectivity index (χ4n) is 1.67. The van der Waals surface area contributed by atoms with Crippen LogP contribution >= 0.6 is 12.4 Å². The van der Waals surface area contributed by atoms with Crippen molar-refractivity contribution < 1.29 is 9.53 Å². The summed E-state index contributed by atoms with van der Waals surface area (Å²) in [7, 11) is 0. The molecule has 0 spiro atoms. The SMILES string of the molecule is Cc1ccccc1OCCNC(=O)C1CNC1.Cl. The predicted octanol–water partition coefficient (Wildman–Crippen LogP) is 1.13. The predicted molar refractivity (Wildman–Crippen MR) is 73.3 cm³/mol. The average Bonchev–Trinajstić information content (AvgIpc) is 2.24. The smallest absolute Gasteiger partial charge is 0.225 e. The van der Waals surface area contributed by atoms with E-state index in [1.165, 1.54) is 0 Å². The van der Waals surface area contributed by atoms with Crippen LogP contribution in [0.3, 0.4) is 0 Å². The number of nitrogens with one attached hydrogen (secondary N) is 2. The van der Waals surface area contributed by atoms with E-state index in [2.05, 4.69) is 10.6 Å². The van der Waals surface area contributed by atoms with Gasteiger partial charge in [-0.1, -0.05) is 18.2 Å². The van der Waals surface area contributed by atoms with Gasteiger partial charge in [-0.2, -0.15) is 0 Å². The molecule has 0 saturated carbocycles. The number of amides is 1. The number of hydrogen-bond acceptors (Lipinski definition) is 3. The van der Waals surface area contributed by atoms with E-state index in [1.54, 1.807) is 0 Å². The molecule has 0 aromatic heterocycles. The second-order valence-electron chi connectivity index (χ2n) is 4.26. The molecule has 5 heteroatoms. The first-order valence-corrected chi connectivity index (χ1v) is 5.94. The highest BCUT2D eigenvalue weighted by Gasteiger charge is 2.24. The van der Waals surface area contributed by atoms with Crippen molar-refractivity contribution in [3.63, 3.8) is 0 Å². The Balaban J connectivity index is 0.00000162. The quantitative estimate of drug-likeness (QED) is 0.789. The highest BCUT2D eigenvalue weighted by Crippen LogP contribution is 2.15. The van der Waals surface area contributed by atoms with Gasteiger partial charge in [0.1, 0.15) is 12.4 Å². The molecule has 0 radical (unpaired) electrons. The van der Waals surface area contributed by atoms with Gasteiger partial charge in [-0.3, -0.25) is 4.79 Å². The number of para-hydroxylation sites is 1. The van der Waals surface area contributed by atoms with Gasteiger partial charge in [-0.05, 0) is 18.6 Å².